The maximum Gasteiger partial charge on any atom is 0.306 e. The minimum atomic E-state index is -0.456. The van der Waals surface area contributed by atoms with Gasteiger partial charge in [-0.1, -0.05) is 61.5 Å². The predicted octanol–water partition coefficient (Wildman–Crippen LogP) is 5.24. The van der Waals surface area contributed by atoms with E-state index in [0.29, 0.717) is 18.4 Å². The van der Waals surface area contributed by atoms with Crippen LogP contribution in [-0.2, 0) is 14.3 Å². The van der Waals surface area contributed by atoms with Crippen molar-refractivity contribution in [3.8, 4) is 0 Å². The van der Waals surface area contributed by atoms with E-state index in [-0.39, 0.29) is 30.4 Å². The summed E-state index contributed by atoms with van der Waals surface area (Å²) in [6.07, 6.45) is 1.90. The van der Waals surface area contributed by atoms with Crippen molar-refractivity contribution in [1.29, 1.82) is 0 Å². The first-order valence-corrected chi connectivity index (χ1v) is 12.9. The third-order valence-electron chi connectivity index (χ3n) is 8.35. The topological polar surface area (TPSA) is 58.6 Å². The van der Waals surface area contributed by atoms with E-state index in [1.54, 1.807) is 6.92 Å². The molecule has 2 heterocycles. The number of fused-ring (bicyclic) bond motifs is 1. The van der Waals surface area contributed by atoms with Gasteiger partial charge in [-0.15, -0.1) is 0 Å². The Hall–Kier alpha value is -3.18. The molecule has 5 heteroatoms. The zero-order valence-corrected chi connectivity index (χ0v) is 20.4. The molecule has 3 aromatic rings. The van der Waals surface area contributed by atoms with E-state index >= 15 is 0 Å². The van der Waals surface area contributed by atoms with Gasteiger partial charge in [-0.3, -0.25) is 9.59 Å². The number of carbonyl (C=O) groups is 2. The second-order valence-electron chi connectivity index (χ2n) is 10.2. The summed E-state index contributed by atoms with van der Waals surface area (Å²) in [5.74, 6) is 0.0701. The number of hydrogen-bond donors (Lipinski definition) is 1. The number of nitrogens with zero attached hydrogens (tertiary/aromatic N) is 1. The first-order chi connectivity index (χ1) is 17.1. The molecule has 3 unspecified atom stereocenters. The average molecular weight is 469 g/mol. The van der Waals surface area contributed by atoms with E-state index in [0.717, 1.165) is 30.6 Å². The van der Waals surface area contributed by atoms with E-state index in [2.05, 4.69) is 48.6 Å². The molecule has 35 heavy (non-hydrogen) atoms. The summed E-state index contributed by atoms with van der Waals surface area (Å²) in [7, 11) is 0. The van der Waals surface area contributed by atoms with Crippen molar-refractivity contribution >= 4 is 28.3 Å². The van der Waals surface area contributed by atoms with Gasteiger partial charge in [-0.2, -0.15) is 0 Å². The maximum atomic E-state index is 13.7. The maximum absolute atomic E-state index is 13.7. The van der Waals surface area contributed by atoms with Crippen molar-refractivity contribution in [1.82, 2.24) is 5.32 Å². The molecule has 0 bridgehead atoms. The van der Waals surface area contributed by atoms with Gasteiger partial charge >= 0.3 is 5.97 Å². The number of piperidine rings is 1. The predicted molar refractivity (Wildman–Crippen MR) is 138 cm³/mol. The first-order valence-electron chi connectivity index (χ1n) is 12.9. The molecule has 5 atom stereocenters. The number of amides is 1. The lowest BCUT2D eigenvalue weighted by molar-refractivity contribution is -0.144. The molecule has 6 rings (SSSR count). The van der Waals surface area contributed by atoms with Crippen LogP contribution in [0.2, 0.25) is 0 Å². The molecule has 0 radical (unpaired) electrons. The Labute approximate surface area is 206 Å². The normalized spacial score (nSPS) is 27.3. The van der Waals surface area contributed by atoms with Crippen LogP contribution in [0.4, 0.5) is 5.69 Å². The molecule has 3 aliphatic rings. The highest BCUT2D eigenvalue weighted by Gasteiger charge is 2.45. The highest BCUT2D eigenvalue weighted by molar-refractivity contribution is 6.07. The number of esters is 1. The van der Waals surface area contributed by atoms with Crippen LogP contribution in [0, 0.1) is 0 Å². The molecule has 0 spiro atoms. The molecule has 180 valence electrons. The Morgan fingerprint density at radius 3 is 2.57 bits per heavy atom. The number of anilines is 1. The van der Waals surface area contributed by atoms with Gasteiger partial charge in [-0.05, 0) is 65.8 Å². The van der Waals surface area contributed by atoms with Gasteiger partial charge in [0.1, 0.15) is 0 Å². The molecule has 1 saturated heterocycles. The van der Waals surface area contributed by atoms with Crippen molar-refractivity contribution in [2.75, 3.05) is 18.1 Å². The molecule has 2 aliphatic heterocycles. The third kappa shape index (κ3) is 3.56. The van der Waals surface area contributed by atoms with Crippen molar-refractivity contribution in [3.05, 3.63) is 77.4 Å². The van der Waals surface area contributed by atoms with Crippen LogP contribution >= 0.6 is 0 Å². The molecular formula is C30H32N2O3. The van der Waals surface area contributed by atoms with E-state index in [1.807, 2.05) is 29.2 Å². The number of hydrogen-bond acceptors (Lipinski definition) is 4. The number of nitrogens with one attached hydrogen (secondary N) is 1. The van der Waals surface area contributed by atoms with Crippen LogP contribution in [0.5, 0.6) is 0 Å². The Kier molecular flexibility index (Phi) is 5.60. The molecule has 3 aromatic carbocycles. The third-order valence-corrected chi connectivity index (χ3v) is 8.35. The van der Waals surface area contributed by atoms with E-state index < -0.39 is 5.92 Å². The monoisotopic (exact) mass is 468 g/mol. The van der Waals surface area contributed by atoms with Crippen molar-refractivity contribution in [2.45, 2.75) is 62.9 Å². The standard InChI is InChI=1S/C30H32N2O3/c1-3-35-27(33)17-24-22-10-4-5-13-26(22)32(30(24)34)20-14-15-31-25(16-20)28-18(2)21-11-6-8-19-9-7-12-23(28)29(19)21/h4-13,18,20,24-25,28,31H,3,14-17H2,1-2H3/t18-,20?,24?,25-,28?/m0/s1. The number of carbonyl (C=O) groups excluding carboxylic acids is 2. The minimum Gasteiger partial charge on any atom is -0.466 e. The van der Waals surface area contributed by atoms with Gasteiger partial charge in [0.05, 0.1) is 18.9 Å². The lowest BCUT2D eigenvalue weighted by atomic mass is 9.80. The van der Waals surface area contributed by atoms with Crippen LogP contribution < -0.4 is 10.2 Å². The number of rotatable bonds is 5. The molecule has 0 aromatic heterocycles. The Morgan fingerprint density at radius 1 is 1.03 bits per heavy atom. The quantitative estimate of drug-likeness (QED) is 0.520. The summed E-state index contributed by atoms with van der Waals surface area (Å²) < 4.78 is 5.18. The van der Waals surface area contributed by atoms with Crippen LogP contribution in [0.25, 0.3) is 10.8 Å². The highest BCUT2D eigenvalue weighted by Crippen LogP contribution is 2.50. The minimum absolute atomic E-state index is 0.0368. The number of para-hydroxylation sites is 1. The molecule has 1 amide bonds. The second-order valence-corrected chi connectivity index (χ2v) is 10.2. The molecule has 1 aliphatic carbocycles. The van der Waals surface area contributed by atoms with Crippen LogP contribution in [0.3, 0.4) is 0 Å². The summed E-state index contributed by atoms with van der Waals surface area (Å²) in [5, 5.41) is 6.53. The van der Waals surface area contributed by atoms with Gasteiger partial charge in [0, 0.05) is 23.7 Å². The van der Waals surface area contributed by atoms with Gasteiger partial charge < -0.3 is 15.0 Å². The van der Waals surface area contributed by atoms with Gasteiger partial charge in [0.15, 0.2) is 0 Å². The Bertz CT molecular complexity index is 1300. The highest BCUT2D eigenvalue weighted by atomic mass is 16.5. The molecule has 0 saturated carbocycles. The van der Waals surface area contributed by atoms with Crippen LogP contribution in [-0.4, -0.2) is 37.1 Å². The summed E-state index contributed by atoms with van der Waals surface area (Å²) >= 11 is 0. The Balaban J connectivity index is 1.29. The van der Waals surface area contributed by atoms with E-state index in [4.69, 9.17) is 4.74 Å². The lowest BCUT2D eigenvalue weighted by Crippen LogP contribution is -2.51. The SMILES string of the molecule is CCOC(=O)CC1C(=O)N(C2CCN[C@H](C3c4cccc5cccc(c45)[C@@H]3C)C2)c2ccccc21. The van der Waals surface area contributed by atoms with E-state index in [1.165, 1.54) is 21.9 Å². The van der Waals surface area contributed by atoms with Gasteiger partial charge in [-0.25, -0.2) is 0 Å². The largest absolute Gasteiger partial charge is 0.466 e. The fraction of sp³-hybridized carbons (Fsp3) is 0.400. The first kappa shape index (κ1) is 22.3. The molecule has 1 N–H and O–H groups in total. The zero-order chi connectivity index (χ0) is 24.1. The smallest absolute Gasteiger partial charge is 0.306 e. The van der Waals surface area contributed by atoms with Crippen LogP contribution in [0.1, 0.15) is 67.6 Å². The average Bonchev–Trinajstić information content (AvgIpc) is 3.32. The zero-order valence-electron chi connectivity index (χ0n) is 20.4. The molecule has 1 fully saturated rings. The number of benzene rings is 3. The van der Waals surface area contributed by atoms with Crippen molar-refractivity contribution in [3.63, 3.8) is 0 Å². The van der Waals surface area contributed by atoms with Gasteiger partial charge in [0.2, 0.25) is 5.91 Å². The summed E-state index contributed by atoms with van der Waals surface area (Å²) in [5.41, 5.74) is 4.77. The second kappa shape index (κ2) is 8.80. The fourth-order valence-corrected chi connectivity index (χ4v) is 6.90. The molecular weight excluding hydrogens is 436 g/mol. The van der Waals surface area contributed by atoms with Crippen LogP contribution in [0.15, 0.2) is 60.7 Å². The lowest BCUT2D eigenvalue weighted by Gasteiger charge is -2.40. The molecule has 5 nitrogen and oxygen atoms in total. The Morgan fingerprint density at radius 2 is 1.77 bits per heavy atom. The summed E-state index contributed by atoms with van der Waals surface area (Å²) in [6.45, 7) is 5.35. The summed E-state index contributed by atoms with van der Waals surface area (Å²) in [4.78, 5) is 28.0. The summed E-state index contributed by atoms with van der Waals surface area (Å²) in [6, 6.07) is 21.7. The number of ether oxygens (including phenoxy) is 1. The van der Waals surface area contributed by atoms with Crippen molar-refractivity contribution in [2.24, 2.45) is 0 Å². The van der Waals surface area contributed by atoms with Gasteiger partial charge in [0.25, 0.3) is 0 Å². The fourth-order valence-electron chi connectivity index (χ4n) is 6.90. The van der Waals surface area contributed by atoms with Crippen molar-refractivity contribution < 1.29 is 14.3 Å². The van der Waals surface area contributed by atoms with E-state index in [9.17, 15) is 9.59 Å².